The number of amides is 1. The highest BCUT2D eigenvalue weighted by molar-refractivity contribution is 5.82. The van der Waals surface area contributed by atoms with Crippen LogP contribution in [0, 0.1) is 0 Å². The number of piperidine rings is 1. The maximum Gasteiger partial charge on any atom is 0.239 e. The molecule has 1 saturated heterocycles. The molecule has 1 rings (SSSR count). The molecule has 0 radical (unpaired) electrons. The molecule has 0 aromatic carbocycles. The van der Waals surface area contributed by atoms with Crippen molar-refractivity contribution >= 4 is 5.91 Å². The van der Waals surface area contributed by atoms with Gasteiger partial charge in [0.1, 0.15) is 0 Å². The molecule has 0 aromatic heterocycles. The zero-order valence-electron chi connectivity index (χ0n) is 14.0. The minimum Gasteiger partial charge on any atom is -0.336 e. The summed E-state index contributed by atoms with van der Waals surface area (Å²) in [4.78, 5) is 17.1. The SMILES string of the molecule is CCN(CC)CCN[C@@H](C)C(=O)N1[C@H](C)CCC[C@@H]1C. The normalized spacial score (nSPS) is 25.0. The molecule has 0 unspecified atom stereocenters. The molecule has 0 aromatic rings. The van der Waals surface area contributed by atoms with E-state index < -0.39 is 0 Å². The minimum atomic E-state index is -0.0754. The summed E-state index contributed by atoms with van der Waals surface area (Å²) in [6.07, 6.45) is 3.53. The predicted octanol–water partition coefficient (Wildman–Crippen LogP) is 2.10. The van der Waals surface area contributed by atoms with E-state index in [2.05, 4.69) is 42.8 Å². The van der Waals surface area contributed by atoms with Gasteiger partial charge in [0.2, 0.25) is 5.91 Å². The number of nitrogens with one attached hydrogen (secondary N) is 1. The summed E-state index contributed by atoms with van der Waals surface area (Å²) in [6.45, 7) is 14.7. The average Bonchev–Trinajstić information content (AvgIpc) is 2.43. The van der Waals surface area contributed by atoms with Crippen molar-refractivity contribution in [2.24, 2.45) is 0 Å². The highest BCUT2D eigenvalue weighted by Crippen LogP contribution is 2.23. The van der Waals surface area contributed by atoms with E-state index >= 15 is 0 Å². The molecular weight excluding hydrogens is 250 g/mol. The fourth-order valence-electron chi connectivity index (χ4n) is 3.15. The molecule has 0 saturated carbocycles. The van der Waals surface area contributed by atoms with Gasteiger partial charge in [0.25, 0.3) is 0 Å². The summed E-state index contributed by atoms with van der Waals surface area (Å²) in [6, 6.07) is 0.699. The van der Waals surface area contributed by atoms with Crippen LogP contribution in [0.1, 0.15) is 53.9 Å². The summed E-state index contributed by atoms with van der Waals surface area (Å²) in [5.74, 6) is 0.268. The van der Waals surface area contributed by atoms with Crippen LogP contribution in [0.15, 0.2) is 0 Å². The Bertz CT molecular complexity index is 281. The summed E-state index contributed by atoms with van der Waals surface area (Å²) in [7, 11) is 0. The molecule has 0 bridgehead atoms. The van der Waals surface area contributed by atoms with Gasteiger partial charge in [-0.1, -0.05) is 13.8 Å². The molecular formula is C16H33N3O. The summed E-state index contributed by atoms with van der Waals surface area (Å²) < 4.78 is 0. The monoisotopic (exact) mass is 283 g/mol. The number of rotatable bonds is 7. The molecule has 3 atom stereocenters. The lowest BCUT2D eigenvalue weighted by Crippen LogP contribution is -2.54. The van der Waals surface area contributed by atoms with Crippen LogP contribution in [0.2, 0.25) is 0 Å². The fraction of sp³-hybridized carbons (Fsp3) is 0.938. The molecule has 20 heavy (non-hydrogen) atoms. The lowest BCUT2D eigenvalue weighted by molar-refractivity contribution is -0.139. The number of likely N-dealkylation sites (N-methyl/N-ethyl adjacent to an activating group) is 1. The van der Waals surface area contributed by atoms with Crippen molar-refractivity contribution < 1.29 is 4.79 Å². The average molecular weight is 283 g/mol. The first kappa shape index (κ1) is 17.4. The van der Waals surface area contributed by atoms with Gasteiger partial charge in [-0.05, 0) is 53.1 Å². The Morgan fingerprint density at radius 1 is 1.25 bits per heavy atom. The lowest BCUT2D eigenvalue weighted by Gasteiger charge is -2.40. The molecule has 118 valence electrons. The Labute approximate surface area is 124 Å². The van der Waals surface area contributed by atoms with Crippen LogP contribution in [-0.4, -0.2) is 60.0 Å². The molecule has 1 N–H and O–H groups in total. The number of likely N-dealkylation sites (tertiary alicyclic amines) is 1. The van der Waals surface area contributed by atoms with E-state index in [0.29, 0.717) is 12.1 Å². The van der Waals surface area contributed by atoms with Gasteiger partial charge in [0, 0.05) is 25.2 Å². The van der Waals surface area contributed by atoms with Crippen molar-refractivity contribution in [1.82, 2.24) is 15.1 Å². The summed E-state index contributed by atoms with van der Waals surface area (Å²) in [5.41, 5.74) is 0. The maximum atomic E-state index is 12.6. The molecule has 4 nitrogen and oxygen atoms in total. The molecule has 1 aliphatic heterocycles. The first-order valence-corrected chi connectivity index (χ1v) is 8.29. The second kappa shape index (κ2) is 8.63. The van der Waals surface area contributed by atoms with E-state index in [1.807, 2.05) is 6.92 Å². The van der Waals surface area contributed by atoms with Crippen LogP contribution >= 0.6 is 0 Å². The Balaban J connectivity index is 2.41. The first-order chi connectivity index (χ1) is 9.51. The first-order valence-electron chi connectivity index (χ1n) is 8.29. The van der Waals surface area contributed by atoms with Gasteiger partial charge in [-0.25, -0.2) is 0 Å². The van der Waals surface area contributed by atoms with Crippen molar-refractivity contribution in [2.45, 2.75) is 72.0 Å². The van der Waals surface area contributed by atoms with Gasteiger partial charge in [0.15, 0.2) is 0 Å². The van der Waals surface area contributed by atoms with E-state index in [1.54, 1.807) is 0 Å². The third-order valence-corrected chi connectivity index (χ3v) is 4.59. The van der Waals surface area contributed by atoms with Crippen LogP contribution in [-0.2, 0) is 4.79 Å². The van der Waals surface area contributed by atoms with E-state index in [1.165, 1.54) is 6.42 Å². The summed E-state index contributed by atoms with van der Waals surface area (Å²) in [5, 5.41) is 3.39. The molecule has 1 amide bonds. The number of nitrogens with zero attached hydrogens (tertiary/aromatic N) is 2. The van der Waals surface area contributed by atoms with Crippen LogP contribution in [0.5, 0.6) is 0 Å². The van der Waals surface area contributed by atoms with Crippen LogP contribution in [0.3, 0.4) is 0 Å². The molecule has 0 aliphatic carbocycles. The van der Waals surface area contributed by atoms with Crippen molar-refractivity contribution in [3.8, 4) is 0 Å². The number of carbonyl (C=O) groups is 1. The van der Waals surface area contributed by atoms with Crippen LogP contribution < -0.4 is 5.32 Å². The Morgan fingerprint density at radius 2 is 1.80 bits per heavy atom. The summed E-state index contributed by atoms with van der Waals surface area (Å²) >= 11 is 0. The van der Waals surface area contributed by atoms with E-state index in [-0.39, 0.29) is 11.9 Å². The molecule has 4 heteroatoms. The highest BCUT2D eigenvalue weighted by Gasteiger charge is 2.31. The third kappa shape index (κ3) is 4.74. The second-order valence-corrected chi connectivity index (χ2v) is 6.08. The molecule has 0 spiro atoms. The largest absolute Gasteiger partial charge is 0.336 e. The topological polar surface area (TPSA) is 35.6 Å². The number of hydrogen-bond acceptors (Lipinski definition) is 3. The minimum absolute atomic E-state index is 0.0754. The smallest absolute Gasteiger partial charge is 0.239 e. The highest BCUT2D eigenvalue weighted by atomic mass is 16.2. The standard InChI is InChI=1S/C16H33N3O/c1-6-18(7-2)12-11-17-15(5)16(20)19-13(3)9-8-10-14(19)4/h13-15,17H,6-12H2,1-5H3/t13-,14+,15-/m0/s1. The molecule has 1 heterocycles. The van der Waals surface area contributed by atoms with E-state index in [0.717, 1.165) is 39.0 Å². The van der Waals surface area contributed by atoms with Crippen LogP contribution in [0.25, 0.3) is 0 Å². The lowest BCUT2D eigenvalue weighted by atomic mass is 9.96. The van der Waals surface area contributed by atoms with Gasteiger partial charge < -0.3 is 15.1 Å². The zero-order chi connectivity index (χ0) is 15.1. The zero-order valence-corrected chi connectivity index (χ0v) is 14.0. The van der Waals surface area contributed by atoms with Gasteiger partial charge in [-0.2, -0.15) is 0 Å². The number of carbonyl (C=O) groups excluding carboxylic acids is 1. The predicted molar refractivity (Wildman–Crippen MR) is 84.9 cm³/mol. The van der Waals surface area contributed by atoms with Gasteiger partial charge in [-0.3, -0.25) is 4.79 Å². The third-order valence-electron chi connectivity index (χ3n) is 4.59. The van der Waals surface area contributed by atoms with Crippen molar-refractivity contribution in [3.63, 3.8) is 0 Å². The Morgan fingerprint density at radius 3 is 2.30 bits per heavy atom. The van der Waals surface area contributed by atoms with Gasteiger partial charge >= 0.3 is 0 Å². The second-order valence-electron chi connectivity index (χ2n) is 6.08. The number of hydrogen-bond donors (Lipinski definition) is 1. The van der Waals surface area contributed by atoms with Gasteiger partial charge in [-0.15, -0.1) is 0 Å². The molecule has 1 aliphatic rings. The van der Waals surface area contributed by atoms with Crippen LogP contribution in [0.4, 0.5) is 0 Å². The molecule has 1 fully saturated rings. The quantitative estimate of drug-likeness (QED) is 0.777. The van der Waals surface area contributed by atoms with E-state index in [4.69, 9.17) is 0 Å². The van der Waals surface area contributed by atoms with Crippen molar-refractivity contribution in [2.75, 3.05) is 26.2 Å². The van der Waals surface area contributed by atoms with E-state index in [9.17, 15) is 4.79 Å². The van der Waals surface area contributed by atoms with Crippen molar-refractivity contribution in [1.29, 1.82) is 0 Å². The van der Waals surface area contributed by atoms with Crippen molar-refractivity contribution in [3.05, 3.63) is 0 Å². The van der Waals surface area contributed by atoms with Gasteiger partial charge in [0.05, 0.1) is 6.04 Å². The maximum absolute atomic E-state index is 12.6. The Kier molecular flexibility index (Phi) is 7.52. The fourth-order valence-corrected chi connectivity index (χ4v) is 3.15. The Hall–Kier alpha value is -0.610.